The first-order chi connectivity index (χ1) is 21.9. The van der Waals surface area contributed by atoms with Crippen molar-refractivity contribution in [3.63, 3.8) is 0 Å². The monoisotopic (exact) mass is 622 g/mol. The van der Waals surface area contributed by atoms with E-state index in [2.05, 4.69) is 10.3 Å². The molecule has 0 aliphatic carbocycles. The minimum absolute atomic E-state index is 0.0725. The Morgan fingerprint density at radius 1 is 0.822 bits per heavy atom. The Labute approximate surface area is 255 Å². The molecule has 2 aliphatic heterocycles. The minimum atomic E-state index is -0.994. The number of carbonyl (C=O) groups excluding carboxylic acids is 2. The second-order valence-corrected chi connectivity index (χ2v) is 9.81. The summed E-state index contributed by atoms with van der Waals surface area (Å²) >= 11 is 0. The van der Waals surface area contributed by atoms with Gasteiger partial charge in [-0.05, 0) is 48.5 Å². The number of carbonyl (C=O) groups is 2. The van der Waals surface area contributed by atoms with Gasteiger partial charge in [-0.2, -0.15) is 0 Å². The van der Waals surface area contributed by atoms with Gasteiger partial charge in [-0.3, -0.25) is 15.2 Å². The molecule has 14 heteroatoms. The molecule has 0 unspecified atom stereocenters. The van der Waals surface area contributed by atoms with Crippen molar-refractivity contribution in [1.82, 2.24) is 10.0 Å². The molecule has 234 valence electrons. The Balaban J connectivity index is 1.12. The summed E-state index contributed by atoms with van der Waals surface area (Å²) in [6.45, 7) is 2.56. The molecule has 4 aromatic rings. The topological polar surface area (TPSA) is 121 Å². The fourth-order valence-electron chi connectivity index (χ4n) is 4.67. The van der Waals surface area contributed by atoms with E-state index in [1.54, 1.807) is 18.2 Å². The molecule has 0 atom stereocenters. The van der Waals surface area contributed by atoms with E-state index in [4.69, 9.17) is 28.5 Å². The van der Waals surface area contributed by atoms with E-state index in [0.29, 0.717) is 66.9 Å². The number of hydrogen-bond acceptors (Lipinski definition) is 9. The van der Waals surface area contributed by atoms with Crippen LogP contribution in [0, 0.1) is 11.6 Å². The van der Waals surface area contributed by atoms with Crippen LogP contribution >= 0.6 is 0 Å². The number of benzene rings is 3. The third-order valence-electron chi connectivity index (χ3n) is 6.81. The van der Waals surface area contributed by atoms with Crippen molar-refractivity contribution >= 4 is 34.4 Å². The maximum atomic E-state index is 15.1. The van der Waals surface area contributed by atoms with Gasteiger partial charge in [0.25, 0.3) is 0 Å². The van der Waals surface area contributed by atoms with Crippen LogP contribution in [0.2, 0.25) is 0 Å². The van der Waals surface area contributed by atoms with Gasteiger partial charge in [0.2, 0.25) is 0 Å². The van der Waals surface area contributed by atoms with E-state index in [1.165, 1.54) is 47.5 Å². The summed E-state index contributed by atoms with van der Waals surface area (Å²) in [5, 5.41) is 3.82. The smallest absolute Gasteiger partial charge is 0.436 e. The van der Waals surface area contributed by atoms with Gasteiger partial charge in [-0.25, -0.2) is 18.4 Å². The van der Waals surface area contributed by atoms with Crippen molar-refractivity contribution in [1.29, 1.82) is 0 Å². The van der Waals surface area contributed by atoms with E-state index in [0.717, 1.165) is 11.1 Å². The van der Waals surface area contributed by atoms with Crippen molar-refractivity contribution in [2.45, 2.75) is 0 Å². The highest BCUT2D eigenvalue weighted by molar-refractivity contribution is 5.95. The zero-order chi connectivity index (χ0) is 31.2. The third-order valence-corrected chi connectivity index (χ3v) is 6.81. The second kappa shape index (κ2) is 13.6. The molecule has 12 nitrogen and oxygen atoms in total. The number of halogens is 2. The van der Waals surface area contributed by atoms with E-state index >= 15 is 4.39 Å². The van der Waals surface area contributed by atoms with Gasteiger partial charge in [0, 0.05) is 41.6 Å². The average molecular weight is 623 g/mol. The van der Waals surface area contributed by atoms with Crippen LogP contribution in [0.15, 0.2) is 66.9 Å². The number of rotatable bonds is 5. The quantitative estimate of drug-likeness (QED) is 0.307. The van der Waals surface area contributed by atoms with Crippen molar-refractivity contribution < 1.29 is 46.9 Å². The van der Waals surface area contributed by atoms with E-state index < -0.39 is 23.8 Å². The molecule has 2 aliphatic rings. The SMILES string of the molecule is O=C(Nc1ccc(Oc2ccnc3cc4c(cc23)OCCOCCOCCO4)c(F)c1)ON1CCN(c2ccc(F)cc2)C1=O. The highest BCUT2D eigenvalue weighted by Crippen LogP contribution is 2.38. The molecule has 6 rings (SSSR count). The summed E-state index contributed by atoms with van der Waals surface area (Å²) in [7, 11) is 0. The number of fused-ring (bicyclic) bond motifs is 2. The maximum Gasteiger partial charge on any atom is 0.436 e. The van der Waals surface area contributed by atoms with Crippen molar-refractivity contribution in [2.24, 2.45) is 0 Å². The number of anilines is 2. The Hall–Kier alpha value is -5.21. The maximum absolute atomic E-state index is 15.1. The molecule has 1 saturated heterocycles. The normalized spacial score (nSPS) is 15.7. The molecular weight excluding hydrogens is 594 g/mol. The lowest BCUT2D eigenvalue weighted by Gasteiger charge is -2.18. The number of amides is 3. The summed E-state index contributed by atoms with van der Waals surface area (Å²) in [4.78, 5) is 36.0. The van der Waals surface area contributed by atoms with Crippen LogP contribution in [-0.2, 0) is 14.3 Å². The standard InChI is InChI=1S/C31H28F2N4O8/c32-20-1-4-22(5-2-20)36-9-10-37(31(36)39)45-30(38)35-21-3-6-27(24(33)17-21)44-26-7-8-34-25-19-29-28(18-23(25)26)42-15-13-40-11-12-41-14-16-43-29/h1-8,17-19H,9-16H2,(H,35,38). The molecule has 1 fully saturated rings. The fraction of sp³-hybridized carbons (Fsp3) is 0.258. The van der Waals surface area contributed by atoms with Crippen LogP contribution in [0.1, 0.15) is 0 Å². The number of hydroxylamine groups is 2. The van der Waals surface area contributed by atoms with Crippen molar-refractivity contribution in [3.05, 3.63) is 78.5 Å². The summed E-state index contributed by atoms with van der Waals surface area (Å²) in [6, 6.07) is 13.6. The molecule has 1 N–H and O–H groups in total. The predicted molar refractivity (Wildman–Crippen MR) is 157 cm³/mol. The van der Waals surface area contributed by atoms with Crippen LogP contribution in [0.3, 0.4) is 0 Å². The van der Waals surface area contributed by atoms with Crippen molar-refractivity contribution in [3.8, 4) is 23.0 Å². The molecule has 0 spiro atoms. The number of ether oxygens (including phenoxy) is 5. The molecule has 0 radical (unpaired) electrons. The fourth-order valence-corrected chi connectivity index (χ4v) is 4.67. The highest BCUT2D eigenvalue weighted by atomic mass is 19.1. The first kappa shape index (κ1) is 29.8. The van der Waals surface area contributed by atoms with Gasteiger partial charge in [0.15, 0.2) is 23.1 Å². The van der Waals surface area contributed by atoms with Gasteiger partial charge in [-0.15, -0.1) is 5.06 Å². The zero-order valence-corrected chi connectivity index (χ0v) is 23.9. The summed E-state index contributed by atoms with van der Waals surface area (Å²) in [5.41, 5.74) is 1.07. The summed E-state index contributed by atoms with van der Waals surface area (Å²) in [5.74, 6) is -0.0755. The van der Waals surface area contributed by atoms with Crippen LogP contribution in [0.25, 0.3) is 10.9 Å². The number of urea groups is 1. The van der Waals surface area contributed by atoms with Crippen LogP contribution in [-0.4, -0.2) is 74.9 Å². The van der Waals surface area contributed by atoms with E-state index in [-0.39, 0.29) is 31.1 Å². The number of pyridine rings is 1. The second-order valence-electron chi connectivity index (χ2n) is 9.81. The highest BCUT2D eigenvalue weighted by Gasteiger charge is 2.33. The summed E-state index contributed by atoms with van der Waals surface area (Å²) < 4.78 is 57.0. The lowest BCUT2D eigenvalue weighted by atomic mass is 10.1. The van der Waals surface area contributed by atoms with Crippen LogP contribution in [0.4, 0.5) is 29.7 Å². The van der Waals surface area contributed by atoms with Gasteiger partial charge < -0.3 is 28.5 Å². The van der Waals surface area contributed by atoms with E-state index in [1.807, 2.05) is 0 Å². The molecule has 0 bridgehead atoms. The first-order valence-electron chi connectivity index (χ1n) is 14.1. The predicted octanol–water partition coefficient (Wildman–Crippen LogP) is 5.52. The van der Waals surface area contributed by atoms with E-state index in [9.17, 15) is 14.0 Å². The van der Waals surface area contributed by atoms with Crippen LogP contribution < -0.4 is 24.4 Å². The molecule has 3 heterocycles. The summed E-state index contributed by atoms with van der Waals surface area (Å²) in [6.07, 6.45) is 0.531. The molecule has 45 heavy (non-hydrogen) atoms. The largest absolute Gasteiger partial charge is 0.487 e. The number of aromatic nitrogens is 1. The van der Waals surface area contributed by atoms with Gasteiger partial charge in [0.05, 0.1) is 38.5 Å². The molecule has 3 amide bonds. The average Bonchev–Trinajstić information content (AvgIpc) is 3.38. The van der Waals surface area contributed by atoms with Gasteiger partial charge >= 0.3 is 12.1 Å². The number of nitrogens with one attached hydrogen (secondary N) is 1. The minimum Gasteiger partial charge on any atom is -0.487 e. The molecule has 3 aromatic carbocycles. The zero-order valence-electron chi connectivity index (χ0n) is 23.9. The molecule has 1 aromatic heterocycles. The Morgan fingerprint density at radius 2 is 1.53 bits per heavy atom. The first-order valence-corrected chi connectivity index (χ1v) is 14.1. The lowest BCUT2D eigenvalue weighted by molar-refractivity contribution is -0.0347. The lowest BCUT2D eigenvalue weighted by Crippen LogP contribution is -2.35. The van der Waals surface area contributed by atoms with Crippen molar-refractivity contribution in [2.75, 3.05) is 62.9 Å². The number of nitrogens with zero attached hydrogens (tertiary/aromatic N) is 3. The number of hydrogen-bond donors (Lipinski definition) is 1. The molecule has 0 saturated carbocycles. The molecular formula is C31H28F2N4O8. The third kappa shape index (κ3) is 7.13. The van der Waals surface area contributed by atoms with Gasteiger partial charge in [0.1, 0.15) is 24.8 Å². The van der Waals surface area contributed by atoms with Crippen LogP contribution in [0.5, 0.6) is 23.0 Å². The Kier molecular flexibility index (Phi) is 9.03. The Bertz CT molecular complexity index is 1690. The Morgan fingerprint density at radius 3 is 2.27 bits per heavy atom. The van der Waals surface area contributed by atoms with Gasteiger partial charge in [-0.1, -0.05) is 0 Å².